The minimum Gasteiger partial charge on any atom is -0.494 e. The van der Waals surface area contributed by atoms with Gasteiger partial charge in [-0.05, 0) is 56.2 Å². The SMILES string of the molecule is CCCCCCCC(=O)CCCCCC/C=C/[C@H](C(=O)N[C@@H](Cc1ccc(OCCCC)cc1)C(=O)OC)[C@@H](CCOC)C(=O)OCC(=O)O. The van der Waals surface area contributed by atoms with Gasteiger partial charge in [-0.15, -0.1) is 0 Å². The highest BCUT2D eigenvalue weighted by molar-refractivity contribution is 5.90. The standard InChI is InChI=1S/C39H61NO10/c1-5-7-9-12-15-18-31(41)19-16-13-10-11-14-17-20-33(34(25-27-47-3)38(45)50-29-36(42)43)37(44)40-35(39(46)48-4)28-30-21-23-32(24-22-30)49-26-8-6-2/h17,20-24,33-35H,5-16,18-19,25-29H2,1-4H3,(H,40,44)(H,42,43)/b20-17+/t33-,34+,35-/m0/s1. The van der Waals surface area contributed by atoms with Crippen LogP contribution in [0.4, 0.5) is 0 Å². The molecule has 11 heteroatoms. The molecule has 0 saturated heterocycles. The molecule has 1 rings (SSSR count). The summed E-state index contributed by atoms with van der Waals surface area (Å²) in [4.78, 5) is 63.0. The van der Waals surface area contributed by atoms with E-state index >= 15 is 0 Å². The Hall–Kier alpha value is -3.73. The maximum absolute atomic E-state index is 13.8. The van der Waals surface area contributed by atoms with Crippen molar-refractivity contribution in [2.24, 2.45) is 11.8 Å². The van der Waals surface area contributed by atoms with E-state index in [-0.39, 0.29) is 19.4 Å². The molecule has 0 spiro atoms. The molecular formula is C39H61NO10. The van der Waals surface area contributed by atoms with E-state index in [1.807, 2.05) is 18.2 Å². The summed E-state index contributed by atoms with van der Waals surface area (Å²) in [5.74, 6) is -4.52. The average Bonchev–Trinajstić information content (AvgIpc) is 3.10. The number of rotatable bonds is 30. The molecule has 0 fully saturated rings. The fourth-order valence-corrected chi connectivity index (χ4v) is 5.46. The first-order valence-electron chi connectivity index (χ1n) is 18.3. The Morgan fingerprint density at radius 1 is 0.800 bits per heavy atom. The number of esters is 2. The van der Waals surface area contributed by atoms with E-state index in [0.717, 1.165) is 56.9 Å². The Kier molecular flexibility index (Phi) is 24.8. The second kappa shape index (κ2) is 28.0. The minimum absolute atomic E-state index is 0.0897. The lowest BCUT2D eigenvalue weighted by molar-refractivity contribution is -0.160. The van der Waals surface area contributed by atoms with Crippen LogP contribution in [0.1, 0.15) is 116 Å². The molecule has 11 nitrogen and oxygen atoms in total. The van der Waals surface area contributed by atoms with Crippen LogP contribution in [-0.2, 0) is 44.6 Å². The third kappa shape index (κ3) is 20.1. The Morgan fingerprint density at radius 2 is 1.44 bits per heavy atom. The van der Waals surface area contributed by atoms with Crippen LogP contribution < -0.4 is 10.1 Å². The van der Waals surface area contributed by atoms with Gasteiger partial charge in [0.25, 0.3) is 0 Å². The van der Waals surface area contributed by atoms with Gasteiger partial charge < -0.3 is 29.4 Å². The zero-order valence-corrected chi connectivity index (χ0v) is 30.8. The van der Waals surface area contributed by atoms with Crippen molar-refractivity contribution < 1.29 is 48.0 Å². The number of hydrogen-bond donors (Lipinski definition) is 2. The zero-order chi connectivity index (χ0) is 37.0. The lowest BCUT2D eigenvalue weighted by Gasteiger charge is -2.25. The largest absolute Gasteiger partial charge is 0.494 e. The fourth-order valence-electron chi connectivity index (χ4n) is 5.46. The van der Waals surface area contributed by atoms with Gasteiger partial charge in [-0.1, -0.05) is 83.1 Å². The molecule has 1 amide bonds. The lowest BCUT2D eigenvalue weighted by Crippen LogP contribution is -2.47. The number of allylic oxidation sites excluding steroid dienone is 1. The van der Waals surface area contributed by atoms with Gasteiger partial charge in [-0.2, -0.15) is 0 Å². The van der Waals surface area contributed by atoms with Crippen LogP contribution in [0, 0.1) is 11.8 Å². The second-order valence-electron chi connectivity index (χ2n) is 12.6. The highest BCUT2D eigenvalue weighted by atomic mass is 16.6. The van der Waals surface area contributed by atoms with E-state index in [2.05, 4.69) is 19.2 Å². The number of ether oxygens (including phenoxy) is 4. The maximum atomic E-state index is 13.8. The van der Waals surface area contributed by atoms with Crippen LogP contribution in [0.5, 0.6) is 5.75 Å². The number of carboxylic acid groups (broad SMARTS) is 1. The Balaban J connectivity index is 2.96. The summed E-state index contributed by atoms with van der Waals surface area (Å²) in [5, 5.41) is 11.8. The molecule has 282 valence electrons. The summed E-state index contributed by atoms with van der Waals surface area (Å²) in [5.41, 5.74) is 0.765. The number of methoxy groups -OCH3 is 2. The predicted molar refractivity (Wildman–Crippen MR) is 192 cm³/mol. The number of ketones is 1. The third-order valence-corrected chi connectivity index (χ3v) is 8.42. The summed E-state index contributed by atoms with van der Waals surface area (Å²) in [6.45, 7) is 4.13. The summed E-state index contributed by atoms with van der Waals surface area (Å²) in [6, 6.07) is 6.19. The maximum Gasteiger partial charge on any atom is 0.341 e. The molecule has 0 saturated carbocycles. The van der Waals surface area contributed by atoms with Crippen LogP contribution >= 0.6 is 0 Å². The molecule has 2 N–H and O–H groups in total. The van der Waals surface area contributed by atoms with Gasteiger partial charge in [-0.25, -0.2) is 9.59 Å². The Labute approximate surface area is 298 Å². The fraction of sp³-hybridized carbons (Fsp3) is 0.667. The molecule has 0 aliphatic carbocycles. The number of unbranched alkanes of at least 4 members (excludes halogenated alkanes) is 9. The number of benzene rings is 1. The van der Waals surface area contributed by atoms with Crippen molar-refractivity contribution in [2.75, 3.05) is 34.0 Å². The number of hydrogen-bond acceptors (Lipinski definition) is 9. The molecule has 0 bridgehead atoms. The van der Waals surface area contributed by atoms with Gasteiger partial charge in [-0.3, -0.25) is 14.4 Å². The highest BCUT2D eigenvalue weighted by Crippen LogP contribution is 2.23. The van der Waals surface area contributed by atoms with Crippen molar-refractivity contribution in [2.45, 2.75) is 123 Å². The quantitative estimate of drug-likeness (QED) is 0.0497. The first-order chi connectivity index (χ1) is 24.2. The molecule has 1 aromatic rings. The van der Waals surface area contributed by atoms with E-state index < -0.39 is 48.3 Å². The van der Waals surface area contributed by atoms with E-state index in [9.17, 15) is 24.0 Å². The highest BCUT2D eigenvalue weighted by Gasteiger charge is 2.35. The van der Waals surface area contributed by atoms with Crippen molar-refractivity contribution in [1.82, 2.24) is 5.32 Å². The summed E-state index contributed by atoms with van der Waals surface area (Å²) >= 11 is 0. The van der Waals surface area contributed by atoms with Gasteiger partial charge >= 0.3 is 17.9 Å². The van der Waals surface area contributed by atoms with E-state index in [4.69, 9.17) is 24.1 Å². The molecule has 0 aliphatic rings. The molecule has 0 radical (unpaired) electrons. The second-order valence-corrected chi connectivity index (χ2v) is 12.6. The van der Waals surface area contributed by atoms with Gasteiger partial charge in [0.05, 0.1) is 25.6 Å². The number of Topliss-reactive ketones (excluding diaryl/α,β-unsaturated/α-hetero) is 1. The predicted octanol–water partition coefficient (Wildman–Crippen LogP) is 6.79. The van der Waals surface area contributed by atoms with E-state index in [0.29, 0.717) is 37.4 Å². The lowest BCUT2D eigenvalue weighted by atomic mass is 9.87. The molecule has 0 unspecified atom stereocenters. The van der Waals surface area contributed by atoms with Gasteiger partial charge in [0.1, 0.15) is 17.6 Å². The zero-order valence-electron chi connectivity index (χ0n) is 30.8. The van der Waals surface area contributed by atoms with Crippen molar-refractivity contribution in [1.29, 1.82) is 0 Å². The summed E-state index contributed by atoms with van der Waals surface area (Å²) in [7, 11) is 2.69. The average molecular weight is 704 g/mol. The van der Waals surface area contributed by atoms with Crippen LogP contribution in [-0.4, -0.2) is 74.8 Å². The first kappa shape index (κ1) is 44.3. The minimum atomic E-state index is -1.32. The van der Waals surface area contributed by atoms with E-state index in [1.54, 1.807) is 18.2 Å². The number of nitrogens with one attached hydrogen (secondary N) is 1. The van der Waals surface area contributed by atoms with Crippen LogP contribution in [0.15, 0.2) is 36.4 Å². The Bertz CT molecular complexity index is 1150. The number of carboxylic acids is 1. The normalized spacial score (nSPS) is 13.0. The van der Waals surface area contributed by atoms with Crippen molar-refractivity contribution in [3.8, 4) is 5.75 Å². The van der Waals surface area contributed by atoms with Crippen LogP contribution in [0.3, 0.4) is 0 Å². The van der Waals surface area contributed by atoms with Gasteiger partial charge in [0.2, 0.25) is 5.91 Å². The number of aliphatic carboxylic acids is 1. The smallest absolute Gasteiger partial charge is 0.341 e. The molecule has 50 heavy (non-hydrogen) atoms. The first-order valence-corrected chi connectivity index (χ1v) is 18.3. The van der Waals surface area contributed by atoms with Crippen molar-refractivity contribution in [3.63, 3.8) is 0 Å². The van der Waals surface area contributed by atoms with Crippen LogP contribution in [0.25, 0.3) is 0 Å². The van der Waals surface area contributed by atoms with Crippen LogP contribution in [0.2, 0.25) is 0 Å². The number of amides is 1. The third-order valence-electron chi connectivity index (χ3n) is 8.42. The topological polar surface area (TPSA) is 155 Å². The molecular weight excluding hydrogens is 642 g/mol. The van der Waals surface area contributed by atoms with Crippen molar-refractivity contribution >= 4 is 29.6 Å². The summed E-state index contributed by atoms with van der Waals surface area (Å²) in [6.07, 6.45) is 16.7. The number of carbonyl (C=O) groups excluding carboxylic acids is 4. The Morgan fingerprint density at radius 3 is 2.04 bits per heavy atom. The van der Waals surface area contributed by atoms with E-state index in [1.165, 1.54) is 33.5 Å². The number of carbonyl (C=O) groups is 5. The molecule has 1 aromatic carbocycles. The van der Waals surface area contributed by atoms with Crippen molar-refractivity contribution in [3.05, 3.63) is 42.0 Å². The monoisotopic (exact) mass is 703 g/mol. The van der Waals surface area contributed by atoms with Gasteiger partial charge in [0, 0.05) is 33.0 Å². The molecule has 0 aromatic heterocycles. The summed E-state index contributed by atoms with van der Waals surface area (Å²) < 4.78 is 20.9. The molecule has 0 aliphatic heterocycles. The molecule has 0 heterocycles. The molecule has 3 atom stereocenters. The van der Waals surface area contributed by atoms with Gasteiger partial charge in [0.15, 0.2) is 6.61 Å².